The average molecular weight is 433 g/mol. The molecule has 1 saturated heterocycles. The molecule has 164 valence electrons. The molecule has 2 aliphatic heterocycles. The molecule has 1 amide bonds. The van der Waals surface area contributed by atoms with E-state index in [2.05, 4.69) is 4.90 Å². The second-order valence-corrected chi connectivity index (χ2v) is 8.77. The first-order valence-electron chi connectivity index (χ1n) is 11.0. The SMILES string of the molecule is N#Cc1c(F)ccc2c1CCC2CN1CCN(CCc2ccc3c(c2)COC3=O)CC1=O. The summed E-state index contributed by atoms with van der Waals surface area (Å²) in [6, 6.07) is 10.9. The highest BCUT2D eigenvalue weighted by Gasteiger charge is 2.31. The van der Waals surface area contributed by atoms with Gasteiger partial charge in [-0.05, 0) is 48.1 Å². The van der Waals surface area contributed by atoms with Crippen LogP contribution in [-0.2, 0) is 29.0 Å². The lowest BCUT2D eigenvalue weighted by Gasteiger charge is -2.35. The van der Waals surface area contributed by atoms with Crippen molar-refractivity contribution < 1.29 is 18.7 Å². The molecule has 1 unspecified atom stereocenters. The molecule has 32 heavy (non-hydrogen) atoms. The van der Waals surface area contributed by atoms with E-state index >= 15 is 0 Å². The highest BCUT2D eigenvalue weighted by molar-refractivity contribution is 5.93. The van der Waals surface area contributed by atoms with Crippen LogP contribution in [0.1, 0.15) is 50.5 Å². The first-order valence-corrected chi connectivity index (χ1v) is 11.0. The summed E-state index contributed by atoms with van der Waals surface area (Å²) in [5, 5.41) is 9.27. The second kappa shape index (κ2) is 8.36. The molecule has 1 atom stereocenters. The third kappa shape index (κ3) is 3.76. The van der Waals surface area contributed by atoms with Crippen LogP contribution in [0.2, 0.25) is 0 Å². The number of ether oxygens (including phenoxy) is 1. The van der Waals surface area contributed by atoms with Gasteiger partial charge in [-0.1, -0.05) is 18.2 Å². The number of rotatable bonds is 5. The Morgan fingerprint density at radius 2 is 2.06 bits per heavy atom. The van der Waals surface area contributed by atoms with Gasteiger partial charge in [0.15, 0.2) is 0 Å². The zero-order chi connectivity index (χ0) is 22.2. The Morgan fingerprint density at radius 3 is 2.88 bits per heavy atom. The first kappa shape index (κ1) is 20.7. The first-order chi connectivity index (χ1) is 15.5. The molecule has 0 aromatic heterocycles. The highest BCUT2D eigenvalue weighted by atomic mass is 19.1. The van der Waals surface area contributed by atoms with Crippen LogP contribution >= 0.6 is 0 Å². The Kier molecular flexibility index (Phi) is 5.40. The Hall–Kier alpha value is -3.24. The number of cyclic esters (lactones) is 1. The van der Waals surface area contributed by atoms with Gasteiger partial charge in [-0.25, -0.2) is 9.18 Å². The van der Waals surface area contributed by atoms with E-state index in [0.29, 0.717) is 38.2 Å². The Morgan fingerprint density at radius 1 is 1.19 bits per heavy atom. The van der Waals surface area contributed by atoms with E-state index < -0.39 is 5.82 Å². The quantitative estimate of drug-likeness (QED) is 0.678. The topological polar surface area (TPSA) is 73.6 Å². The Bertz CT molecular complexity index is 1140. The lowest BCUT2D eigenvalue weighted by Crippen LogP contribution is -2.51. The van der Waals surface area contributed by atoms with Gasteiger partial charge < -0.3 is 9.64 Å². The van der Waals surface area contributed by atoms with Crippen molar-refractivity contribution in [2.45, 2.75) is 31.8 Å². The van der Waals surface area contributed by atoms with Crippen molar-refractivity contribution >= 4 is 11.9 Å². The minimum absolute atomic E-state index is 0.111. The van der Waals surface area contributed by atoms with E-state index in [1.165, 1.54) is 6.07 Å². The summed E-state index contributed by atoms with van der Waals surface area (Å²) in [4.78, 5) is 28.5. The third-order valence-corrected chi connectivity index (χ3v) is 6.90. The molecular weight excluding hydrogens is 409 g/mol. The van der Waals surface area contributed by atoms with Crippen molar-refractivity contribution in [3.05, 3.63) is 69.5 Å². The average Bonchev–Trinajstić information content (AvgIpc) is 3.37. The highest BCUT2D eigenvalue weighted by Crippen LogP contribution is 2.36. The van der Waals surface area contributed by atoms with Crippen molar-refractivity contribution in [3.8, 4) is 6.07 Å². The molecule has 2 heterocycles. The summed E-state index contributed by atoms with van der Waals surface area (Å²) in [6.45, 7) is 3.61. The molecule has 2 aromatic rings. The molecule has 1 fully saturated rings. The number of fused-ring (bicyclic) bond motifs is 2. The number of benzene rings is 2. The van der Waals surface area contributed by atoms with Crippen LogP contribution < -0.4 is 0 Å². The summed E-state index contributed by atoms with van der Waals surface area (Å²) < 4.78 is 19.0. The normalized spacial score (nSPS) is 20.1. The maximum absolute atomic E-state index is 13.9. The van der Waals surface area contributed by atoms with Gasteiger partial charge in [0.2, 0.25) is 5.91 Å². The minimum Gasteiger partial charge on any atom is -0.457 e. The number of carbonyl (C=O) groups is 2. The molecule has 7 heteroatoms. The molecule has 0 spiro atoms. The van der Waals surface area contributed by atoms with Crippen LogP contribution in [0.3, 0.4) is 0 Å². The maximum Gasteiger partial charge on any atom is 0.338 e. The molecule has 2 aromatic carbocycles. The van der Waals surface area contributed by atoms with Crippen LogP contribution in [0, 0.1) is 17.1 Å². The predicted octanol–water partition coefficient (Wildman–Crippen LogP) is 2.78. The standard InChI is InChI=1S/C25H24FN3O3/c26-23-6-5-19-17(2-4-21(19)22(23)12-27)13-29-10-9-28(14-24(29)30)8-7-16-1-3-20-18(11-16)15-32-25(20)31/h1,3,5-6,11,17H,2,4,7-10,13-15H2. The Labute approximate surface area is 186 Å². The molecule has 0 bridgehead atoms. The molecule has 1 aliphatic carbocycles. The van der Waals surface area contributed by atoms with Crippen LogP contribution in [0.5, 0.6) is 0 Å². The van der Waals surface area contributed by atoms with Gasteiger partial charge in [-0.3, -0.25) is 9.69 Å². The monoisotopic (exact) mass is 433 g/mol. The summed E-state index contributed by atoms with van der Waals surface area (Å²) in [6.07, 6.45) is 2.34. The summed E-state index contributed by atoms with van der Waals surface area (Å²) >= 11 is 0. The number of nitrogens with zero attached hydrogens (tertiary/aromatic N) is 3. The summed E-state index contributed by atoms with van der Waals surface area (Å²) in [5.41, 5.74) is 4.70. The van der Waals surface area contributed by atoms with Crippen molar-refractivity contribution in [3.63, 3.8) is 0 Å². The van der Waals surface area contributed by atoms with Crippen molar-refractivity contribution in [1.82, 2.24) is 9.80 Å². The van der Waals surface area contributed by atoms with Crippen molar-refractivity contribution in [2.24, 2.45) is 0 Å². The number of hydrogen-bond donors (Lipinski definition) is 0. The molecule has 0 N–H and O–H groups in total. The van der Waals surface area contributed by atoms with E-state index in [-0.39, 0.29) is 23.4 Å². The summed E-state index contributed by atoms with van der Waals surface area (Å²) in [7, 11) is 0. The van der Waals surface area contributed by atoms with Gasteiger partial charge >= 0.3 is 5.97 Å². The van der Waals surface area contributed by atoms with E-state index in [9.17, 15) is 19.2 Å². The van der Waals surface area contributed by atoms with Gasteiger partial charge in [0, 0.05) is 37.7 Å². The zero-order valence-corrected chi connectivity index (χ0v) is 17.8. The minimum atomic E-state index is -0.459. The maximum atomic E-state index is 13.9. The van der Waals surface area contributed by atoms with Crippen LogP contribution in [-0.4, -0.2) is 54.4 Å². The van der Waals surface area contributed by atoms with Crippen molar-refractivity contribution in [2.75, 3.05) is 32.7 Å². The van der Waals surface area contributed by atoms with Crippen LogP contribution in [0.25, 0.3) is 0 Å². The predicted molar refractivity (Wildman–Crippen MR) is 114 cm³/mol. The number of amides is 1. The molecule has 0 radical (unpaired) electrons. The van der Waals surface area contributed by atoms with Gasteiger partial charge in [0.1, 0.15) is 18.5 Å². The Balaban J connectivity index is 1.16. The molecule has 5 rings (SSSR count). The number of carbonyl (C=O) groups excluding carboxylic acids is 2. The van der Waals surface area contributed by atoms with E-state index in [1.807, 2.05) is 29.2 Å². The lowest BCUT2D eigenvalue weighted by atomic mass is 9.97. The number of esters is 1. The number of piperazine rings is 1. The lowest BCUT2D eigenvalue weighted by molar-refractivity contribution is -0.136. The molecule has 6 nitrogen and oxygen atoms in total. The number of halogens is 1. The fraction of sp³-hybridized carbons (Fsp3) is 0.400. The second-order valence-electron chi connectivity index (χ2n) is 8.77. The van der Waals surface area contributed by atoms with Crippen LogP contribution in [0.15, 0.2) is 30.3 Å². The van der Waals surface area contributed by atoms with Crippen molar-refractivity contribution in [1.29, 1.82) is 5.26 Å². The smallest absolute Gasteiger partial charge is 0.338 e. The number of nitriles is 1. The largest absolute Gasteiger partial charge is 0.457 e. The van der Waals surface area contributed by atoms with Gasteiger partial charge in [-0.2, -0.15) is 5.26 Å². The molecular formula is C25H24FN3O3. The van der Waals surface area contributed by atoms with E-state index in [4.69, 9.17) is 4.74 Å². The van der Waals surface area contributed by atoms with Gasteiger partial charge in [0.25, 0.3) is 0 Å². The molecule has 3 aliphatic rings. The van der Waals surface area contributed by atoms with Gasteiger partial charge in [-0.15, -0.1) is 0 Å². The fourth-order valence-electron chi connectivity index (χ4n) is 5.11. The zero-order valence-electron chi connectivity index (χ0n) is 17.8. The fourth-order valence-corrected chi connectivity index (χ4v) is 5.11. The third-order valence-electron chi connectivity index (χ3n) is 6.90. The number of hydrogen-bond acceptors (Lipinski definition) is 5. The van der Waals surface area contributed by atoms with Gasteiger partial charge in [0.05, 0.1) is 17.7 Å². The van der Waals surface area contributed by atoms with E-state index in [0.717, 1.165) is 48.2 Å². The van der Waals surface area contributed by atoms with Crippen LogP contribution in [0.4, 0.5) is 4.39 Å². The molecule has 0 saturated carbocycles. The summed E-state index contributed by atoms with van der Waals surface area (Å²) in [5.74, 6) is -0.448. The van der Waals surface area contributed by atoms with E-state index in [1.54, 1.807) is 6.07 Å².